The SMILES string of the molecule is CCc1cc(C(C#N)C(C)=O)ccc1OC. The second kappa shape index (κ2) is 5.32. The Kier molecular flexibility index (Phi) is 4.07. The standard InChI is InChI=1S/C13H15NO2/c1-4-10-7-11(5-6-13(10)16-3)12(8-14)9(2)15/h5-7,12H,4H2,1-3H3. The fraction of sp³-hybridized carbons (Fsp3) is 0.385. The number of hydrogen-bond acceptors (Lipinski definition) is 3. The third-order valence-electron chi connectivity index (χ3n) is 2.55. The maximum absolute atomic E-state index is 11.3. The van der Waals surface area contributed by atoms with Gasteiger partial charge < -0.3 is 4.74 Å². The Balaban J connectivity index is 3.17. The number of rotatable bonds is 4. The number of ether oxygens (including phenoxy) is 1. The molecular formula is C13H15NO2. The van der Waals surface area contributed by atoms with Gasteiger partial charge in [0.05, 0.1) is 13.2 Å². The van der Waals surface area contributed by atoms with Crippen molar-refractivity contribution in [1.82, 2.24) is 0 Å². The van der Waals surface area contributed by atoms with E-state index >= 15 is 0 Å². The van der Waals surface area contributed by atoms with E-state index in [1.165, 1.54) is 6.92 Å². The van der Waals surface area contributed by atoms with Gasteiger partial charge in [0.25, 0.3) is 0 Å². The number of carbonyl (C=O) groups is 1. The van der Waals surface area contributed by atoms with E-state index in [0.29, 0.717) is 0 Å². The molecule has 0 aliphatic heterocycles. The van der Waals surface area contributed by atoms with Crippen molar-refractivity contribution in [2.75, 3.05) is 7.11 Å². The summed E-state index contributed by atoms with van der Waals surface area (Å²) in [6, 6.07) is 7.46. The highest BCUT2D eigenvalue weighted by Crippen LogP contribution is 2.25. The van der Waals surface area contributed by atoms with E-state index in [-0.39, 0.29) is 5.78 Å². The van der Waals surface area contributed by atoms with Gasteiger partial charge in [0.2, 0.25) is 0 Å². The van der Waals surface area contributed by atoms with Crippen LogP contribution in [0.1, 0.15) is 30.9 Å². The van der Waals surface area contributed by atoms with Crippen LogP contribution in [0.15, 0.2) is 18.2 Å². The zero-order chi connectivity index (χ0) is 12.1. The minimum atomic E-state index is -0.670. The molecule has 0 saturated heterocycles. The Bertz CT molecular complexity index is 432. The van der Waals surface area contributed by atoms with Crippen molar-refractivity contribution >= 4 is 5.78 Å². The van der Waals surface area contributed by atoms with E-state index in [0.717, 1.165) is 23.3 Å². The molecule has 0 N–H and O–H groups in total. The fourth-order valence-electron chi connectivity index (χ4n) is 1.65. The third-order valence-corrected chi connectivity index (χ3v) is 2.55. The lowest BCUT2D eigenvalue weighted by atomic mass is 9.94. The number of methoxy groups -OCH3 is 1. The van der Waals surface area contributed by atoms with Crippen LogP contribution in [-0.2, 0) is 11.2 Å². The van der Waals surface area contributed by atoms with E-state index in [1.807, 2.05) is 19.1 Å². The Labute approximate surface area is 95.7 Å². The fourth-order valence-corrected chi connectivity index (χ4v) is 1.65. The van der Waals surface area contributed by atoms with Gasteiger partial charge in [0, 0.05) is 0 Å². The Morgan fingerprint density at radius 2 is 2.25 bits per heavy atom. The Morgan fingerprint density at radius 3 is 2.69 bits per heavy atom. The number of hydrogen-bond donors (Lipinski definition) is 0. The Morgan fingerprint density at radius 1 is 1.56 bits per heavy atom. The van der Waals surface area contributed by atoms with Crippen LogP contribution in [-0.4, -0.2) is 12.9 Å². The van der Waals surface area contributed by atoms with Crippen LogP contribution in [0.3, 0.4) is 0 Å². The lowest BCUT2D eigenvalue weighted by Crippen LogP contribution is -2.07. The molecule has 0 radical (unpaired) electrons. The van der Waals surface area contributed by atoms with Gasteiger partial charge in [0.15, 0.2) is 5.78 Å². The molecule has 0 heterocycles. The molecule has 1 rings (SSSR count). The first-order valence-electron chi connectivity index (χ1n) is 5.20. The quantitative estimate of drug-likeness (QED) is 0.778. The molecule has 0 saturated carbocycles. The number of ketones is 1. The van der Waals surface area contributed by atoms with E-state index in [4.69, 9.17) is 10.00 Å². The zero-order valence-corrected chi connectivity index (χ0v) is 9.78. The van der Waals surface area contributed by atoms with Crippen molar-refractivity contribution in [2.24, 2.45) is 0 Å². The molecule has 0 spiro atoms. The summed E-state index contributed by atoms with van der Waals surface area (Å²) in [6.07, 6.45) is 0.813. The summed E-state index contributed by atoms with van der Waals surface area (Å²) in [6.45, 7) is 3.44. The molecule has 1 unspecified atom stereocenters. The van der Waals surface area contributed by atoms with Crippen molar-refractivity contribution in [3.05, 3.63) is 29.3 Å². The summed E-state index contributed by atoms with van der Waals surface area (Å²) in [5.74, 6) is -0.00239. The number of nitrogens with zero attached hydrogens (tertiary/aromatic N) is 1. The molecular weight excluding hydrogens is 202 g/mol. The maximum atomic E-state index is 11.3. The number of benzene rings is 1. The van der Waals surface area contributed by atoms with Gasteiger partial charge in [-0.15, -0.1) is 0 Å². The summed E-state index contributed by atoms with van der Waals surface area (Å²) in [5.41, 5.74) is 1.76. The van der Waals surface area contributed by atoms with Crippen LogP contribution in [0, 0.1) is 11.3 Å². The second-order valence-electron chi connectivity index (χ2n) is 3.60. The number of Topliss-reactive ketones (excluding diaryl/α,β-unsaturated/α-hetero) is 1. The van der Waals surface area contributed by atoms with Gasteiger partial charge in [-0.3, -0.25) is 4.79 Å². The molecule has 0 fully saturated rings. The van der Waals surface area contributed by atoms with Crippen molar-refractivity contribution in [3.63, 3.8) is 0 Å². The van der Waals surface area contributed by atoms with Crippen LogP contribution in [0.25, 0.3) is 0 Å². The van der Waals surface area contributed by atoms with Crippen LogP contribution >= 0.6 is 0 Å². The van der Waals surface area contributed by atoms with E-state index in [1.54, 1.807) is 19.2 Å². The van der Waals surface area contributed by atoms with Gasteiger partial charge >= 0.3 is 0 Å². The minimum Gasteiger partial charge on any atom is -0.496 e. The molecule has 1 aromatic rings. The lowest BCUT2D eigenvalue weighted by Gasteiger charge is -2.11. The van der Waals surface area contributed by atoms with Gasteiger partial charge in [0.1, 0.15) is 11.7 Å². The van der Waals surface area contributed by atoms with Crippen molar-refractivity contribution < 1.29 is 9.53 Å². The van der Waals surface area contributed by atoms with Gasteiger partial charge in [-0.05, 0) is 30.5 Å². The van der Waals surface area contributed by atoms with Crippen LogP contribution in [0.2, 0.25) is 0 Å². The third kappa shape index (κ3) is 2.40. The van der Waals surface area contributed by atoms with E-state index in [2.05, 4.69) is 0 Å². The highest BCUT2D eigenvalue weighted by molar-refractivity contribution is 5.86. The highest BCUT2D eigenvalue weighted by atomic mass is 16.5. The lowest BCUT2D eigenvalue weighted by molar-refractivity contribution is -0.117. The largest absolute Gasteiger partial charge is 0.496 e. The number of aryl methyl sites for hydroxylation is 1. The molecule has 3 nitrogen and oxygen atoms in total. The molecule has 3 heteroatoms. The van der Waals surface area contributed by atoms with Crippen molar-refractivity contribution in [2.45, 2.75) is 26.2 Å². The van der Waals surface area contributed by atoms with Gasteiger partial charge in [-0.2, -0.15) is 5.26 Å². The predicted octanol–water partition coefficient (Wildman–Crippen LogP) is 2.45. The topological polar surface area (TPSA) is 50.1 Å². The van der Waals surface area contributed by atoms with Crippen LogP contribution in [0.4, 0.5) is 0 Å². The zero-order valence-electron chi connectivity index (χ0n) is 9.78. The first-order valence-corrected chi connectivity index (χ1v) is 5.20. The van der Waals surface area contributed by atoms with E-state index < -0.39 is 5.92 Å². The van der Waals surface area contributed by atoms with E-state index in [9.17, 15) is 4.79 Å². The molecule has 0 aliphatic rings. The van der Waals surface area contributed by atoms with Crippen LogP contribution < -0.4 is 4.74 Å². The van der Waals surface area contributed by atoms with Gasteiger partial charge in [-0.25, -0.2) is 0 Å². The minimum absolute atomic E-state index is 0.130. The molecule has 16 heavy (non-hydrogen) atoms. The first kappa shape index (κ1) is 12.3. The smallest absolute Gasteiger partial charge is 0.151 e. The maximum Gasteiger partial charge on any atom is 0.151 e. The summed E-state index contributed by atoms with van der Waals surface area (Å²) < 4.78 is 5.20. The molecule has 0 aliphatic carbocycles. The molecule has 1 aromatic carbocycles. The predicted molar refractivity (Wildman–Crippen MR) is 61.4 cm³/mol. The molecule has 84 valence electrons. The normalized spacial score (nSPS) is 11.6. The first-order chi connectivity index (χ1) is 7.63. The monoisotopic (exact) mass is 217 g/mol. The number of nitriles is 1. The van der Waals surface area contributed by atoms with Gasteiger partial charge in [-0.1, -0.05) is 19.1 Å². The Hall–Kier alpha value is -1.82. The highest BCUT2D eigenvalue weighted by Gasteiger charge is 2.16. The average Bonchev–Trinajstić information content (AvgIpc) is 2.29. The van der Waals surface area contributed by atoms with Crippen molar-refractivity contribution in [1.29, 1.82) is 5.26 Å². The molecule has 0 bridgehead atoms. The van der Waals surface area contributed by atoms with Crippen LogP contribution in [0.5, 0.6) is 5.75 Å². The second-order valence-corrected chi connectivity index (χ2v) is 3.60. The average molecular weight is 217 g/mol. The summed E-state index contributed by atoms with van der Waals surface area (Å²) >= 11 is 0. The molecule has 0 aromatic heterocycles. The summed E-state index contributed by atoms with van der Waals surface area (Å²) in [5, 5.41) is 8.94. The molecule has 1 atom stereocenters. The summed E-state index contributed by atoms with van der Waals surface area (Å²) in [4.78, 5) is 11.3. The number of carbonyl (C=O) groups excluding carboxylic acids is 1. The van der Waals surface area contributed by atoms with Crippen molar-refractivity contribution in [3.8, 4) is 11.8 Å². The summed E-state index contributed by atoms with van der Waals surface area (Å²) in [7, 11) is 1.61. The molecule has 0 amide bonds.